The molecule has 1 aliphatic rings. The highest BCUT2D eigenvalue weighted by Gasteiger charge is 2.12. The van der Waals surface area contributed by atoms with Crippen LogP contribution in [0.5, 0.6) is 0 Å². The van der Waals surface area contributed by atoms with Crippen LogP contribution in [0.4, 0.5) is 0 Å². The average Bonchev–Trinajstić information content (AvgIpc) is 2.17. The Kier molecular flexibility index (Phi) is 1.92. The van der Waals surface area contributed by atoms with Gasteiger partial charge in [-0.2, -0.15) is 0 Å². The van der Waals surface area contributed by atoms with Gasteiger partial charge in [-0.25, -0.2) is 4.99 Å². The van der Waals surface area contributed by atoms with Crippen molar-refractivity contribution in [2.75, 3.05) is 13.1 Å². The van der Waals surface area contributed by atoms with Gasteiger partial charge < -0.3 is 10.1 Å². The highest BCUT2D eigenvalue weighted by molar-refractivity contribution is 5.74. The molecule has 0 radical (unpaired) electrons. The molecule has 52 valence electrons. The zero-order chi connectivity index (χ0) is 6.69. The molecule has 3 heteroatoms. The van der Waals surface area contributed by atoms with Crippen LogP contribution in [0.3, 0.4) is 0 Å². The maximum Gasteiger partial charge on any atom is 0.285 e. The molecule has 0 fully saturated rings. The first-order chi connectivity index (χ1) is 4.33. The lowest BCUT2D eigenvalue weighted by molar-refractivity contribution is 0.235. The van der Waals surface area contributed by atoms with Crippen LogP contribution >= 0.6 is 0 Å². The summed E-state index contributed by atoms with van der Waals surface area (Å²) in [5.74, 6) is 0. The second-order valence-electron chi connectivity index (χ2n) is 2.10. The number of hydrogen-bond donors (Lipinski definition) is 1. The van der Waals surface area contributed by atoms with Crippen molar-refractivity contribution in [3.8, 4) is 0 Å². The summed E-state index contributed by atoms with van der Waals surface area (Å²) < 4.78 is 5.24. The van der Waals surface area contributed by atoms with Gasteiger partial charge in [-0.1, -0.05) is 0 Å². The number of aliphatic imine (C=N–C) groups is 1. The molecule has 1 unspecified atom stereocenters. The molecule has 0 saturated carbocycles. The van der Waals surface area contributed by atoms with Gasteiger partial charge in [0.2, 0.25) is 0 Å². The molecular formula is C6H12N2O. The topological polar surface area (TPSA) is 33.6 Å². The number of nitrogens with one attached hydrogen (secondary N) is 1. The molecular weight excluding hydrogens is 116 g/mol. The predicted octanol–water partition coefficient (Wildman–Crippen LogP) is 0.371. The summed E-state index contributed by atoms with van der Waals surface area (Å²) in [4.78, 5) is 4.09. The zero-order valence-corrected chi connectivity index (χ0v) is 5.85. The standard InChI is InChI=1S/C6H12N2O/c1-3-7-6-8-4-5(2)9-6/h5H,3-4H2,1-2H3,(H,7,8). The largest absolute Gasteiger partial charge is 0.460 e. The fourth-order valence-electron chi connectivity index (χ4n) is 0.725. The summed E-state index contributed by atoms with van der Waals surface area (Å²) in [5.41, 5.74) is 0. The van der Waals surface area contributed by atoms with E-state index in [2.05, 4.69) is 10.3 Å². The first-order valence-electron chi connectivity index (χ1n) is 3.28. The fourth-order valence-corrected chi connectivity index (χ4v) is 0.725. The zero-order valence-electron chi connectivity index (χ0n) is 5.85. The lowest BCUT2D eigenvalue weighted by Crippen LogP contribution is -2.24. The van der Waals surface area contributed by atoms with E-state index in [1.807, 2.05) is 13.8 Å². The third kappa shape index (κ3) is 1.59. The number of hydrogen-bond acceptors (Lipinski definition) is 3. The molecule has 0 aromatic heterocycles. The van der Waals surface area contributed by atoms with Gasteiger partial charge in [-0.05, 0) is 13.8 Å². The molecule has 1 N–H and O–H groups in total. The monoisotopic (exact) mass is 128 g/mol. The van der Waals surface area contributed by atoms with Crippen molar-refractivity contribution in [2.24, 2.45) is 4.99 Å². The quantitative estimate of drug-likeness (QED) is 0.553. The van der Waals surface area contributed by atoms with E-state index in [9.17, 15) is 0 Å². The third-order valence-corrected chi connectivity index (χ3v) is 1.13. The van der Waals surface area contributed by atoms with Crippen molar-refractivity contribution in [3.63, 3.8) is 0 Å². The molecule has 0 aliphatic carbocycles. The Morgan fingerprint density at radius 1 is 1.89 bits per heavy atom. The van der Waals surface area contributed by atoms with Crippen LogP contribution in [0.2, 0.25) is 0 Å². The number of ether oxygens (including phenoxy) is 1. The van der Waals surface area contributed by atoms with Crippen molar-refractivity contribution in [1.29, 1.82) is 0 Å². The van der Waals surface area contributed by atoms with Gasteiger partial charge in [0.25, 0.3) is 6.02 Å². The Balaban J connectivity index is 2.27. The molecule has 1 heterocycles. The summed E-state index contributed by atoms with van der Waals surface area (Å²) >= 11 is 0. The highest BCUT2D eigenvalue weighted by atomic mass is 16.5. The Morgan fingerprint density at radius 2 is 2.67 bits per heavy atom. The van der Waals surface area contributed by atoms with Gasteiger partial charge in [0.05, 0.1) is 6.54 Å². The van der Waals surface area contributed by atoms with Gasteiger partial charge >= 0.3 is 0 Å². The third-order valence-electron chi connectivity index (χ3n) is 1.13. The smallest absolute Gasteiger partial charge is 0.285 e. The Bertz CT molecular complexity index is 122. The first-order valence-corrected chi connectivity index (χ1v) is 3.28. The van der Waals surface area contributed by atoms with Gasteiger partial charge in [-0.15, -0.1) is 0 Å². The summed E-state index contributed by atoms with van der Waals surface area (Å²) in [7, 11) is 0. The van der Waals surface area contributed by atoms with Gasteiger partial charge in [0, 0.05) is 6.54 Å². The molecule has 0 spiro atoms. The summed E-state index contributed by atoms with van der Waals surface area (Å²) in [6.45, 7) is 5.70. The van der Waals surface area contributed by atoms with Crippen molar-refractivity contribution < 1.29 is 4.74 Å². The van der Waals surface area contributed by atoms with Gasteiger partial charge in [0.15, 0.2) is 0 Å². The van der Waals surface area contributed by atoms with Crippen LogP contribution in [0, 0.1) is 0 Å². The van der Waals surface area contributed by atoms with E-state index in [1.54, 1.807) is 0 Å². The summed E-state index contributed by atoms with van der Waals surface area (Å²) in [6, 6.07) is 0.699. The van der Waals surface area contributed by atoms with Crippen molar-refractivity contribution in [1.82, 2.24) is 5.32 Å². The maximum absolute atomic E-state index is 5.24. The van der Waals surface area contributed by atoms with E-state index in [-0.39, 0.29) is 6.10 Å². The SMILES string of the molecule is CCNC1=NCC(C)O1. The van der Waals surface area contributed by atoms with Crippen LogP contribution < -0.4 is 5.32 Å². The van der Waals surface area contributed by atoms with E-state index in [0.29, 0.717) is 6.02 Å². The number of amidine groups is 1. The van der Waals surface area contributed by atoms with E-state index < -0.39 is 0 Å². The Labute approximate surface area is 55.1 Å². The summed E-state index contributed by atoms with van der Waals surface area (Å²) in [5, 5.41) is 3.00. The second kappa shape index (κ2) is 2.71. The van der Waals surface area contributed by atoms with Crippen molar-refractivity contribution in [3.05, 3.63) is 0 Å². The van der Waals surface area contributed by atoms with Crippen LogP contribution in [0.1, 0.15) is 13.8 Å². The molecule has 0 bridgehead atoms. The minimum absolute atomic E-state index is 0.263. The van der Waals surface area contributed by atoms with Gasteiger partial charge in [-0.3, -0.25) is 0 Å². The van der Waals surface area contributed by atoms with E-state index in [4.69, 9.17) is 4.74 Å². The Morgan fingerprint density at radius 3 is 3.11 bits per heavy atom. The molecule has 0 aromatic carbocycles. The highest BCUT2D eigenvalue weighted by Crippen LogP contribution is 2.00. The fraction of sp³-hybridized carbons (Fsp3) is 0.833. The van der Waals surface area contributed by atoms with E-state index in [1.165, 1.54) is 0 Å². The average molecular weight is 128 g/mol. The summed E-state index contributed by atoms with van der Waals surface area (Å²) in [6.07, 6.45) is 0.263. The molecule has 3 nitrogen and oxygen atoms in total. The minimum atomic E-state index is 0.263. The molecule has 0 aromatic rings. The lowest BCUT2D eigenvalue weighted by atomic mass is 10.4. The van der Waals surface area contributed by atoms with Crippen molar-refractivity contribution >= 4 is 6.02 Å². The van der Waals surface area contributed by atoms with Gasteiger partial charge in [0.1, 0.15) is 6.10 Å². The predicted molar refractivity (Wildman–Crippen MR) is 36.5 cm³/mol. The lowest BCUT2D eigenvalue weighted by Gasteiger charge is -2.04. The first kappa shape index (κ1) is 6.39. The molecule has 9 heavy (non-hydrogen) atoms. The molecule has 0 saturated heterocycles. The normalized spacial score (nSPS) is 25.1. The van der Waals surface area contributed by atoms with Crippen LogP contribution in [-0.4, -0.2) is 25.2 Å². The second-order valence-corrected chi connectivity index (χ2v) is 2.10. The molecule has 1 aliphatic heterocycles. The molecule has 1 atom stereocenters. The molecule has 0 amide bonds. The van der Waals surface area contributed by atoms with Crippen LogP contribution in [0.15, 0.2) is 4.99 Å². The van der Waals surface area contributed by atoms with Crippen LogP contribution in [0.25, 0.3) is 0 Å². The number of nitrogens with zero attached hydrogens (tertiary/aromatic N) is 1. The minimum Gasteiger partial charge on any atom is -0.460 e. The number of rotatable bonds is 1. The maximum atomic E-state index is 5.24. The molecule has 1 rings (SSSR count). The van der Waals surface area contributed by atoms with Crippen molar-refractivity contribution in [2.45, 2.75) is 20.0 Å². The van der Waals surface area contributed by atoms with E-state index >= 15 is 0 Å². The van der Waals surface area contributed by atoms with E-state index in [0.717, 1.165) is 13.1 Å². The Hall–Kier alpha value is -0.730. The van der Waals surface area contributed by atoms with Crippen LogP contribution in [-0.2, 0) is 4.74 Å².